The van der Waals surface area contributed by atoms with Crippen LogP contribution in [0.5, 0.6) is 0 Å². The Kier molecular flexibility index (Phi) is 20.1. The summed E-state index contributed by atoms with van der Waals surface area (Å²) in [6.07, 6.45) is 11.0. The fourth-order valence-electron chi connectivity index (χ4n) is 3.31. The molecule has 4 aromatic carbocycles. The van der Waals surface area contributed by atoms with Crippen LogP contribution >= 0.6 is 24.8 Å². The molecule has 0 aromatic heterocycles. The van der Waals surface area contributed by atoms with Gasteiger partial charge in [0.05, 0.1) is 0 Å². The average Bonchev–Trinajstić information content (AvgIpc) is 3.61. The summed E-state index contributed by atoms with van der Waals surface area (Å²) in [5, 5.41) is 0. The van der Waals surface area contributed by atoms with Crippen LogP contribution in [0.3, 0.4) is 0 Å². The van der Waals surface area contributed by atoms with Crippen molar-refractivity contribution in [2.75, 3.05) is 0 Å². The minimum Gasteiger partial charge on any atom is -0.184 e. The first-order valence-electron chi connectivity index (χ1n) is 10.7. The van der Waals surface area contributed by atoms with Crippen molar-refractivity contribution in [3.63, 3.8) is 0 Å². The molecule has 0 saturated carbocycles. The van der Waals surface area contributed by atoms with Gasteiger partial charge in [-0.1, -0.05) is 42.3 Å². The number of halogens is 2. The van der Waals surface area contributed by atoms with Gasteiger partial charge in [-0.05, 0) is 6.42 Å². The maximum Gasteiger partial charge on any atom is -0.171 e. The van der Waals surface area contributed by atoms with Crippen LogP contribution in [-0.4, -0.2) is 6.88 Å². The molecule has 2 radical (unpaired) electrons. The van der Waals surface area contributed by atoms with Crippen molar-refractivity contribution >= 4 is 31.7 Å². The van der Waals surface area contributed by atoms with Crippen molar-refractivity contribution < 1.29 is 23.3 Å². The minimum atomic E-state index is 0. The molecule has 0 nitrogen and oxygen atoms in total. The fourth-order valence-corrected chi connectivity index (χ4v) is 3.31. The summed E-state index contributed by atoms with van der Waals surface area (Å²) in [5.74, 6) is 0. The Morgan fingerprint density at radius 1 is 0.743 bits per heavy atom. The maximum absolute atomic E-state index is 3.34. The zero-order valence-corrected chi connectivity index (χ0v) is 24.8. The Morgan fingerprint density at radius 3 is 1.77 bits per heavy atom. The first-order valence-corrected chi connectivity index (χ1v) is 14.9. The molecule has 0 heterocycles. The standard InChI is InChI=1S/C14H11.2C6H5.C5H5.2ClH.Si.Zr/c1-10-5-4-7-12-9-11-6-2-3-8-13(11)14(10)12;2*1-2-4-6-5-3-1;1-2-4-5-3-1;;;;/h2-6,8H,9H2,1H3;2*1-5H;1-3H,4H2;2*1H;;/q4*-1;;;;. The van der Waals surface area contributed by atoms with Crippen LogP contribution in [0.4, 0.5) is 0 Å². The molecule has 0 saturated heterocycles. The van der Waals surface area contributed by atoms with Gasteiger partial charge in [0.2, 0.25) is 0 Å². The van der Waals surface area contributed by atoms with Gasteiger partial charge in [-0.25, -0.2) is 12.2 Å². The second-order valence-electron chi connectivity index (χ2n) is 7.01. The SMILES string of the molecule is Cc1cc[c-]c2c1-c1ccccc1C2.Cl.Cl.[C-]1=CC=CC1.[Si]=[Zr].[c-]1ccccc1.[c-]1ccccc1. The first kappa shape index (κ1) is 33.0. The molecule has 2 aliphatic carbocycles. The number of hydrogen-bond acceptors (Lipinski definition) is 0. The number of allylic oxidation sites excluding steroid dienone is 4. The predicted octanol–water partition coefficient (Wildman–Crippen LogP) is 8.11. The second kappa shape index (κ2) is 21.3. The van der Waals surface area contributed by atoms with Gasteiger partial charge in [0.1, 0.15) is 0 Å². The minimum absolute atomic E-state index is 0. The van der Waals surface area contributed by atoms with Crippen molar-refractivity contribution in [3.8, 4) is 11.1 Å². The van der Waals surface area contributed by atoms with Gasteiger partial charge in [0, 0.05) is 0 Å². The van der Waals surface area contributed by atoms with Crippen LogP contribution in [0, 0.1) is 31.2 Å². The van der Waals surface area contributed by atoms with Gasteiger partial charge in [-0.3, -0.25) is 6.08 Å². The summed E-state index contributed by atoms with van der Waals surface area (Å²) in [6, 6.07) is 41.1. The summed E-state index contributed by atoms with van der Waals surface area (Å²) in [4.78, 5) is 0. The third kappa shape index (κ3) is 12.5. The molecule has 178 valence electrons. The van der Waals surface area contributed by atoms with Crippen molar-refractivity contribution in [2.45, 2.75) is 19.8 Å². The molecular weight excluding hydrogens is 563 g/mol. The van der Waals surface area contributed by atoms with Crippen LogP contribution in [-0.2, 0) is 29.8 Å². The van der Waals surface area contributed by atoms with E-state index in [1.54, 1.807) is 0 Å². The molecule has 0 bridgehead atoms. The summed E-state index contributed by atoms with van der Waals surface area (Å²) in [5.41, 5.74) is 6.96. The van der Waals surface area contributed by atoms with E-state index in [0.717, 1.165) is 12.8 Å². The molecular formula is C31H28Cl2SiZr-4. The summed E-state index contributed by atoms with van der Waals surface area (Å²) >= 11 is 1.36. The number of benzene rings is 4. The molecule has 2 aliphatic rings. The van der Waals surface area contributed by atoms with E-state index in [0.29, 0.717) is 0 Å². The fraction of sp³-hybridized carbons (Fsp3) is 0.0968. The Labute approximate surface area is 240 Å². The van der Waals surface area contributed by atoms with E-state index in [-0.39, 0.29) is 24.8 Å². The quantitative estimate of drug-likeness (QED) is 0.126. The summed E-state index contributed by atoms with van der Waals surface area (Å²) in [7, 11) is 0. The van der Waals surface area contributed by atoms with Gasteiger partial charge < -0.3 is 0 Å². The summed E-state index contributed by atoms with van der Waals surface area (Å²) < 4.78 is 0. The van der Waals surface area contributed by atoms with E-state index in [4.69, 9.17) is 0 Å². The zero-order chi connectivity index (χ0) is 23.6. The Bertz CT molecular complexity index is 1020. The number of hydrogen-bond donors (Lipinski definition) is 0. The van der Waals surface area contributed by atoms with Gasteiger partial charge in [0.25, 0.3) is 0 Å². The van der Waals surface area contributed by atoms with Crippen molar-refractivity contribution in [1.29, 1.82) is 0 Å². The smallest absolute Gasteiger partial charge is 0.171 e. The molecule has 4 aromatic rings. The van der Waals surface area contributed by atoms with Crippen LogP contribution in [0.2, 0.25) is 0 Å². The number of rotatable bonds is 0. The van der Waals surface area contributed by atoms with Crippen molar-refractivity contribution in [3.05, 3.63) is 156 Å². The maximum atomic E-state index is 3.34. The molecule has 4 heteroatoms. The molecule has 0 atom stereocenters. The Hall–Kier alpha value is -1.96. The van der Waals surface area contributed by atoms with Gasteiger partial charge in [0.15, 0.2) is 0 Å². The molecule has 0 amide bonds. The van der Waals surface area contributed by atoms with Crippen LogP contribution in [0.1, 0.15) is 23.1 Å². The van der Waals surface area contributed by atoms with Crippen LogP contribution in [0.25, 0.3) is 11.1 Å². The van der Waals surface area contributed by atoms with Crippen LogP contribution < -0.4 is 0 Å². The summed E-state index contributed by atoms with van der Waals surface area (Å²) in [6.45, 7) is 5.24. The molecule has 0 aliphatic heterocycles. The third-order valence-electron chi connectivity index (χ3n) is 4.74. The zero-order valence-electron chi connectivity index (χ0n) is 19.7. The molecule has 0 spiro atoms. The molecule has 0 fully saturated rings. The third-order valence-corrected chi connectivity index (χ3v) is 4.74. The van der Waals surface area contributed by atoms with E-state index < -0.39 is 0 Å². The van der Waals surface area contributed by atoms with Gasteiger partial charge in [-0.15, -0.1) is 42.4 Å². The van der Waals surface area contributed by atoms with E-state index in [1.165, 1.54) is 51.2 Å². The predicted molar refractivity (Wildman–Crippen MR) is 151 cm³/mol. The van der Waals surface area contributed by atoms with E-state index >= 15 is 0 Å². The largest absolute Gasteiger partial charge is 0.184 e. The van der Waals surface area contributed by atoms with Crippen LogP contribution in [0.15, 0.2) is 115 Å². The second-order valence-corrected chi connectivity index (χ2v) is 7.01. The molecule has 35 heavy (non-hydrogen) atoms. The Balaban J connectivity index is 0.000000467. The van der Waals surface area contributed by atoms with Crippen molar-refractivity contribution in [1.82, 2.24) is 0 Å². The van der Waals surface area contributed by atoms with Crippen molar-refractivity contribution in [2.24, 2.45) is 0 Å². The van der Waals surface area contributed by atoms with Gasteiger partial charge >= 0.3 is 30.2 Å². The Morgan fingerprint density at radius 2 is 1.34 bits per heavy atom. The van der Waals surface area contributed by atoms with E-state index in [9.17, 15) is 0 Å². The molecule has 6 rings (SSSR count). The molecule has 0 N–H and O–H groups in total. The number of aryl methyl sites for hydroxylation is 1. The monoisotopic (exact) mass is 588 g/mol. The average molecular weight is 591 g/mol. The number of fused-ring (bicyclic) bond motifs is 3. The van der Waals surface area contributed by atoms with E-state index in [1.807, 2.05) is 78.9 Å². The topological polar surface area (TPSA) is 0 Å². The van der Waals surface area contributed by atoms with Gasteiger partial charge in [-0.2, -0.15) is 103 Å². The molecule has 0 unspecified atom stereocenters. The van der Waals surface area contributed by atoms with E-state index in [2.05, 4.69) is 74.5 Å². The normalized spacial score (nSPS) is 10.3. The first-order chi connectivity index (χ1) is 16.4.